The largest absolute Gasteiger partial charge is 0.368 e. The van der Waals surface area contributed by atoms with E-state index in [2.05, 4.69) is 43.3 Å². The Morgan fingerprint density at radius 3 is 2.50 bits per heavy atom. The molecule has 26 heavy (non-hydrogen) atoms. The Morgan fingerprint density at radius 1 is 0.962 bits per heavy atom. The van der Waals surface area contributed by atoms with Crippen LogP contribution >= 0.6 is 0 Å². The number of nitrogens with zero attached hydrogens (tertiary/aromatic N) is 6. The number of aromatic nitrogens is 4. The van der Waals surface area contributed by atoms with Crippen LogP contribution in [0.2, 0.25) is 0 Å². The van der Waals surface area contributed by atoms with Crippen LogP contribution in [0.5, 0.6) is 0 Å². The van der Waals surface area contributed by atoms with Crippen LogP contribution in [0.1, 0.15) is 5.56 Å². The van der Waals surface area contributed by atoms with E-state index >= 15 is 0 Å². The van der Waals surface area contributed by atoms with Crippen molar-refractivity contribution in [2.75, 3.05) is 43.4 Å². The summed E-state index contributed by atoms with van der Waals surface area (Å²) in [6.45, 7) is 6.26. The molecule has 0 amide bonds. The molecule has 1 saturated heterocycles. The number of nitrogens with one attached hydrogen (secondary N) is 1. The van der Waals surface area contributed by atoms with Gasteiger partial charge < -0.3 is 15.1 Å². The van der Waals surface area contributed by atoms with Crippen molar-refractivity contribution in [3.63, 3.8) is 0 Å². The Hall–Kier alpha value is -2.93. The van der Waals surface area contributed by atoms with E-state index in [1.807, 2.05) is 49.8 Å². The van der Waals surface area contributed by atoms with Gasteiger partial charge in [0.1, 0.15) is 11.6 Å². The van der Waals surface area contributed by atoms with Crippen LogP contribution in [0, 0.1) is 6.92 Å². The monoisotopic (exact) mass is 349 g/mol. The molecule has 1 aliphatic rings. The molecule has 0 aromatic carbocycles. The van der Waals surface area contributed by atoms with E-state index in [1.165, 1.54) is 0 Å². The smallest absolute Gasteiger partial charge is 0.155 e. The molecule has 0 aliphatic carbocycles. The maximum Gasteiger partial charge on any atom is 0.155 e. The Balaban J connectivity index is 1.46. The van der Waals surface area contributed by atoms with Gasteiger partial charge in [-0.25, -0.2) is 14.6 Å². The fourth-order valence-electron chi connectivity index (χ4n) is 3.00. The van der Waals surface area contributed by atoms with Gasteiger partial charge in [-0.05, 0) is 43.8 Å². The van der Waals surface area contributed by atoms with Crippen molar-refractivity contribution in [2.24, 2.45) is 0 Å². The third-order valence-corrected chi connectivity index (χ3v) is 4.55. The summed E-state index contributed by atoms with van der Waals surface area (Å²) in [4.78, 5) is 13.9. The van der Waals surface area contributed by atoms with Crippen LogP contribution in [0.25, 0.3) is 5.82 Å². The summed E-state index contributed by atoms with van der Waals surface area (Å²) >= 11 is 0. The van der Waals surface area contributed by atoms with Crippen molar-refractivity contribution in [1.29, 1.82) is 0 Å². The topological polar surface area (TPSA) is 62.1 Å². The van der Waals surface area contributed by atoms with Crippen molar-refractivity contribution in [2.45, 2.75) is 6.92 Å². The Kier molecular flexibility index (Phi) is 4.53. The van der Waals surface area contributed by atoms with Crippen molar-refractivity contribution < 1.29 is 0 Å². The van der Waals surface area contributed by atoms with Crippen LogP contribution < -0.4 is 10.2 Å². The first-order chi connectivity index (χ1) is 12.7. The first kappa shape index (κ1) is 16.5. The van der Waals surface area contributed by atoms with Crippen LogP contribution in [-0.4, -0.2) is 57.9 Å². The Bertz CT molecular complexity index is 864. The van der Waals surface area contributed by atoms with Gasteiger partial charge in [0.15, 0.2) is 5.82 Å². The molecule has 1 N–H and O–H groups in total. The number of hydrogen-bond acceptors (Lipinski definition) is 6. The molecule has 0 spiro atoms. The third-order valence-electron chi connectivity index (χ3n) is 4.55. The third kappa shape index (κ3) is 3.67. The number of likely N-dealkylation sites (N-methyl/N-ethyl adjacent to an activating group) is 1. The lowest BCUT2D eigenvalue weighted by Crippen LogP contribution is -2.44. The van der Waals surface area contributed by atoms with E-state index < -0.39 is 0 Å². The number of aryl methyl sites for hydroxylation is 1. The van der Waals surface area contributed by atoms with Gasteiger partial charge in [0.2, 0.25) is 0 Å². The van der Waals surface area contributed by atoms with Gasteiger partial charge >= 0.3 is 0 Å². The molecular formula is C19H23N7. The zero-order valence-electron chi connectivity index (χ0n) is 15.1. The maximum absolute atomic E-state index is 4.61. The predicted molar refractivity (Wildman–Crippen MR) is 103 cm³/mol. The van der Waals surface area contributed by atoms with Crippen LogP contribution in [-0.2, 0) is 0 Å². The van der Waals surface area contributed by atoms with E-state index in [1.54, 1.807) is 4.68 Å². The average Bonchev–Trinajstić information content (AvgIpc) is 3.10. The van der Waals surface area contributed by atoms with Crippen molar-refractivity contribution in [1.82, 2.24) is 24.6 Å². The highest BCUT2D eigenvalue weighted by Crippen LogP contribution is 2.19. The Morgan fingerprint density at radius 2 is 1.81 bits per heavy atom. The fraction of sp³-hybridized carbons (Fsp3) is 0.316. The molecule has 1 fully saturated rings. The lowest BCUT2D eigenvalue weighted by Gasteiger charge is -2.33. The van der Waals surface area contributed by atoms with E-state index in [0.717, 1.165) is 54.9 Å². The zero-order valence-corrected chi connectivity index (χ0v) is 15.1. The molecule has 3 aromatic rings. The van der Waals surface area contributed by atoms with E-state index in [4.69, 9.17) is 0 Å². The second-order valence-corrected chi connectivity index (χ2v) is 6.66. The quantitative estimate of drug-likeness (QED) is 0.781. The second kappa shape index (κ2) is 7.13. The number of anilines is 3. The number of rotatable bonds is 4. The fourth-order valence-corrected chi connectivity index (χ4v) is 3.00. The van der Waals surface area contributed by atoms with Gasteiger partial charge in [-0.2, -0.15) is 5.10 Å². The lowest BCUT2D eigenvalue weighted by atomic mass is 10.3. The molecule has 0 atom stereocenters. The van der Waals surface area contributed by atoms with Gasteiger partial charge in [0.05, 0.1) is 18.1 Å². The van der Waals surface area contributed by atoms with Gasteiger partial charge in [-0.1, -0.05) is 6.07 Å². The normalized spacial score (nSPS) is 15.2. The van der Waals surface area contributed by atoms with Crippen molar-refractivity contribution in [3.8, 4) is 5.82 Å². The SMILES string of the molecule is Cc1cnn(-c2cccc(Nc3ccc(N4CCN(C)CC4)cn3)n2)c1. The van der Waals surface area contributed by atoms with Crippen LogP contribution in [0.3, 0.4) is 0 Å². The summed E-state index contributed by atoms with van der Waals surface area (Å²) in [6.07, 6.45) is 5.70. The summed E-state index contributed by atoms with van der Waals surface area (Å²) in [5.74, 6) is 2.30. The average molecular weight is 349 g/mol. The molecule has 4 rings (SSSR count). The van der Waals surface area contributed by atoms with Gasteiger partial charge in [-0.15, -0.1) is 0 Å². The van der Waals surface area contributed by atoms with Gasteiger partial charge in [0, 0.05) is 32.4 Å². The highest BCUT2D eigenvalue weighted by Gasteiger charge is 2.14. The summed E-state index contributed by atoms with van der Waals surface area (Å²) in [6, 6.07) is 9.93. The molecule has 0 radical (unpaired) electrons. The summed E-state index contributed by atoms with van der Waals surface area (Å²) in [5.41, 5.74) is 2.27. The highest BCUT2D eigenvalue weighted by molar-refractivity contribution is 5.56. The molecular weight excluding hydrogens is 326 g/mol. The van der Waals surface area contributed by atoms with Crippen molar-refractivity contribution >= 4 is 17.3 Å². The molecule has 3 aromatic heterocycles. The minimum absolute atomic E-state index is 0.746. The number of piperazine rings is 1. The number of pyridine rings is 2. The molecule has 4 heterocycles. The molecule has 1 aliphatic heterocycles. The summed E-state index contributed by atoms with van der Waals surface area (Å²) in [5, 5.41) is 7.57. The van der Waals surface area contributed by atoms with Crippen molar-refractivity contribution in [3.05, 3.63) is 54.5 Å². The zero-order chi connectivity index (χ0) is 17.9. The van der Waals surface area contributed by atoms with E-state index in [0.29, 0.717) is 0 Å². The second-order valence-electron chi connectivity index (χ2n) is 6.66. The predicted octanol–water partition coefficient (Wildman–Crippen LogP) is 2.47. The minimum Gasteiger partial charge on any atom is -0.368 e. The van der Waals surface area contributed by atoms with E-state index in [-0.39, 0.29) is 0 Å². The highest BCUT2D eigenvalue weighted by atomic mass is 15.3. The first-order valence-corrected chi connectivity index (χ1v) is 8.83. The maximum atomic E-state index is 4.61. The molecule has 134 valence electrons. The molecule has 0 saturated carbocycles. The summed E-state index contributed by atoms with van der Waals surface area (Å²) < 4.78 is 1.77. The van der Waals surface area contributed by atoms with Crippen LogP contribution in [0.15, 0.2) is 48.9 Å². The molecule has 7 heteroatoms. The number of hydrogen-bond donors (Lipinski definition) is 1. The molecule has 7 nitrogen and oxygen atoms in total. The van der Waals surface area contributed by atoms with Crippen LogP contribution in [0.4, 0.5) is 17.3 Å². The Labute approximate surface area is 153 Å². The molecule has 0 unspecified atom stereocenters. The van der Waals surface area contributed by atoms with Gasteiger partial charge in [-0.3, -0.25) is 0 Å². The summed E-state index contributed by atoms with van der Waals surface area (Å²) in [7, 11) is 2.16. The molecule has 0 bridgehead atoms. The lowest BCUT2D eigenvalue weighted by molar-refractivity contribution is 0.313. The minimum atomic E-state index is 0.746. The standard InChI is InChI=1S/C19H23N7/c1-15-12-21-26(14-15)19-5-3-4-18(23-19)22-17-7-6-16(13-20-17)25-10-8-24(2)9-11-25/h3-7,12-14H,8-11H2,1-2H3,(H,20,22,23). The first-order valence-electron chi connectivity index (χ1n) is 8.83. The van der Waals surface area contributed by atoms with Gasteiger partial charge in [0.25, 0.3) is 0 Å². The van der Waals surface area contributed by atoms with E-state index in [9.17, 15) is 0 Å².